The van der Waals surface area contributed by atoms with Gasteiger partial charge >= 0.3 is 0 Å². The topological polar surface area (TPSA) is 57.4 Å². The number of aromatic amines is 2. The first-order valence-corrected chi connectivity index (χ1v) is 27.3. The molecule has 0 amide bonds. The van der Waals surface area contributed by atoms with Gasteiger partial charge in [0.05, 0.1) is 121 Å². The number of nitrogens with zero attached hydrogens (tertiary/aromatic N) is 2. The monoisotopic (exact) mass is 1510 g/mol. The van der Waals surface area contributed by atoms with Crippen LogP contribution in [-0.2, 0) is 0 Å². The van der Waals surface area contributed by atoms with E-state index in [0.717, 1.165) is 0 Å². The SMILES string of the molecule is Clc1cccc(Cl)c1-c1c2nc(c(-c3c(Cl)cccc3Cl)c3[nH]c(c(Br)c3Br)c(-c3c(Cl)cccc3Cl)c3[nH]c(c(Br)c3Br)c(-c3c(Cl)cccc3Cl)c3nc1C(Br)=C3Br)C(Br)=C2Br. The molecule has 2 N–H and O–H groups in total. The second kappa shape index (κ2) is 19.1. The van der Waals surface area contributed by atoms with Crippen LogP contribution < -0.4 is 0 Å². The average Bonchev–Trinajstić information content (AvgIpc) is 3.91. The van der Waals surface area contributed by atoms with E-state index in [-0.39, 0.29) is 0 Å². The van der Waals surface area contributed by atoms with E-state index in [4.69, 9.17) is 103 Å². The summed E-state index contributed by atoms with van der Waals surface area (Å²) in [5.74, 6) is 0. The minimum atomic E-state index is 0.344. The molecular formula is C44H14Br8Cl8N4. The first kappa shape index (κ1) is 48.7. The number of fused-ring (bicyclic) bond motifs is 8. The summed E-state index contributed by atoms with van der Waals surface area (Å²) in [7, 11) is 0. The summed E-state index contributed by atoms with van der Waals surface area (Å²) in [6.07, 6.45) is 0. The molecule has 64 heavy (non-hydrogen) atoms. The fourth-order valence-corrected chi connectivity index (χ4v) is 13.7. The summed E-state index contributed by atoms with van der Waals surface area (Å²) in [5.41, 5.74) is 7.90. The lowest BCUT2D eigenvalue weighted by Gasteiger charge is -2.12. The second-order valence-electron chi connectivity index (χ2n) is 13.8. The highest BCUT2D eigenvalue weighted by Gasteiger charge is 2.34. The number of aromatic nitrogens is 4. The predicted octanol–water partition coefficient (Wildman–Crippen LogP) is 22.5. The standard InChI is InChI=1S/C44H14Br8Cl8N4/c45-29-31(47)39-26(22-15(55)7-2-8-16(22)56)41-33(49)35(51)43(63-41)28(24-19(59)11-4-12-20(24)60)44-36(52)34(50)42(64-44)27(23-17(57)9-3-10-18(23)58)40-32(48)30(46)38(62-40)25(37(29)61-39)21-13(53)5-1-6-14(21)54/h1-12,61-62H. The largest absolute Gasteiger partial charge is 0.352 e. The van der Waals surface area contributed by atoms with Crippen molar-refractivity contribution in [2.75, 3.05) is 0 Å². The van der Waals surface area contributed by atoms with E-state index in [1.165, 1.54) is 0 Å². The zero-order valence-electron chi connectivity index (χ0n) is 30.9. The van der Waals surface area contributed by atoms with Crippen LogP contribution in [-0.4, -0.2) is 19.9 Å². The van der Waals surface area contributed by atoms with Gasteiger partial charge in [0.25, 0.3) is 0 Å². The van der Waals surface area contributed by atoms with Crippen molar-refractivity contribution < 1.29 is 0 Å². The van der Waals surface area contributed by atoms with Crippen LogP contribution in [0.5, 0.6) is 0 Å². The Kier molecular flexibility index (Phi) is 14.5. The predicted molar refractivity (Wildman–Crippen MR) is 303 cm³/mol. The second-order valence-corrected chi connectivity index (χ2v) is 23.4. The molecule has 5 heterocycles. The molecule has 0 aliphatic carbocycles. The van der Waals surface area contributed by atoms with Crippen LogP contribution in [0, 0.1) is 0 Å². The van der Waals surface area contributed by atoms with E-state index in [1.807, 2.05) is 0 Å². The molecule has 0 unspecified atom stereocenters. The highest BCUT2D eigenvalue weighted by molar-refractivity contribution is 9.18. The molecule has 322 valence electrons. The van der Waals surface area contributed by atoms with Crippen LogP contribution in [0.25, 0.3) is 84.5 Å². The van der Waals surface area contributed by atoms with Crippen molar-refractivity contribution in [1.82, 2.24) is 19.9 Å². The third-order valence-corrected chi connectivity index (χ3v) is 21.1. The molecule has 8 bridgehead atoms. The van der Waals surface area contributed by atoms with E-state index in [9.17, 15) is 0 Å². The normalized spacial score (nSPS) is 12.9. The van der Waals surface area contributed by atoms with Gasteiger partial charge in [-0.3, -0.25) is 0 Å². The molecule has 4 nitrogen and oxygen atoms in total. The lowest BCUT2D eigenvalue weighted by molar-refractivity contribution is 1.27. The molecule has 0 spiro atoms. The lowest BCUT2D eigenvalue weighted by Crippen LogP contribution is -1.95. The maximum absolute atomic E-state index is 7.14. The molecule has 0 atom stereocenters. The molecule has 2 aliphatic heterocycles. The quantitative estimate of drug-likeness (QED) is 0.185. The van der Waals surface area contributed by atoms with Gasteiger partial charge in [0.2, 0.25) is 0 Å². The molecule has 0 fully saturated rings. The Morgan fingerprint density at radius 2 is 0.484 bits per heavy atom. The molecule has 4 aromatic carbocycles. The Morgan fingerprint density at radius 3 is 0.750 bits per heavy atom. The Morgan fingerprint density at radius 1 is 0.281 bits per heavy atom. The van der Waals surface area contributed by atoms with Gasteiger partial charge < -0.3 is 9.97 Å². The minimum Gasteiger partial charge on any atom is -0.352 e. The molecule has 0 radical (unpaired) electrons. The fourth-order valence-electron chi connectivity index (χ4n) is 7.49. The number of halogens is 16. The Hall–Kier alpha value is -0.360. The number of benzene rings is 4. The molecule has 3 aromatic heterocycles. The maximum Gasteiger partial charge on any atom is 0.0893 e. The summed E-state index contributed by atoms with van der Waals surface area (Å²) in [5, 5.41) is 2.86. The van der Waals surface area contributed by atoms with E-state index in [2.05, 4.69) is 137 Å². The fraction of sp³-hybridized carbons (Fsp3) is 0. The molecule has 0 saturated carbocycles. The molecule has 20 heteroatoms. The van der Waals surface area contributed by atoms with Crippen LogP contribution >= 0.6 is 220 Å². The van der Waals surface area contributed by atoms with Crippen molar-refractivity contribution in [3.63, 3.8) is 0 Å². The molecule has 7 aromatic rings. The van der Waals surface area contributed by atoms with Crippen LogP contribution in [0.15, 0.2) is 90.7 Å². The van der Waals surface area contributed by atoms with Crippen molar-refractivity contribution in [3.8, 4) is 44.5 Å². The van der Waals surface area contributed by atoms with E-state index < -0.39 is 0 Å². The van der Waals surface area contributed by atoms with Gasteiger partial charge in [-0.2, -0.15) is 0 Å². The third-order valence-electron chi connectivity index (χ3n) is 10.2. The summed E-state index contributed by atoms with van der Waals surface area (Å²) < 4.78 is 4.57. The average molecular weight is 1520 g/mol. The smallest absolute Gasteiger partial charge is 0.0893 e. The third kappa shape index (κ3) is 8.07. The lowest BCUT2D eigenvalue weighted by atomic mass is 10.0. The van der Waals surface area contributed by atoms with Crippen molar-refractivity contribution in [1.29, 1.82) is 0 Å². The van der Waals surface area contributed by atoms with Crippen molar-refractivity contribution >= 4 is 260 Å². The summed E-state index contributed by atoms with van der Waals surface area (Å²) >= 11 is 88.5. The molecular weight excluding hydrogens is 1510 g/mol. The van der Waals surface area contributed by atoms with E-state index >= 15 is 0 Å². The zero-order chi connectivity index (χ0) is 45.8. The minimum absolute atomic E-state index is 0.344. The first-order chi connectivity index (χ1) is 30.4. The number of hydrogen-bond acceptors (Lipinski definition) is 2. The van der Waals surface area contributed by atoms with Gasteiger partial charge in [-0.15, -0.1) is 0 Å². The van der Waals surface area contributed by atoms with Crippen molar-refractivity contribution in [2.24, 2.45) is 0 Å². The van der Waals surface area contributed by atoms with Gasteiger partial charge in [-0.25, -0.2) is 9.97 Å². The summed E-state index contributed by atoms with van der Waals surface area (Å²) in [6, 6.07) is 21.2. The Bertz CT molecular complexity index is 3240. The highest BCUT2D eigenvalue weighted by Crippen LogP contribution is 2.56. The number of hydrogen-bond donors (Lipinski definition) is 2. The van der Waals surface area contributed by atoms with Gasteiger partial charge in [0, 0.05) is 44.5 Å². The van der Waals surface area contributed by atoms with Gasteiger partial charge in [-0.1, -0.05) is 117 Å². The van der Waals surface area contributed by atoms with Crippen LogP contribution in [0.1, 0.15) is 22.8 Å². The maximum atomic E-state index is 7.14. The van der Waals surface area contributed by atoms with Gasteiger partial charge in [0.15, 0.2) is 0 Å². The number of nitrogens with one attached hydrogen (secondary N) is 2. The molecule has 9 rings (SSSR count). The summed E-state index contributed by atoms with van der Waals surface area (Å²) in [6.45, 7) is 0. The van der Waals surface area contributed by atoms with Crippen LogP contribution in [0.4, 0.5) is 0 Å². The highest BCUT2D eigenvalue weighted by atomic mass is 79.9. The van der Waals surface area contributed by atoms with Crippen molar-refractivity contribution in [3.05, 3.63) is 154 Å². The van der Waals surface area contributed by atoms with Crippen molar-refractivity contribution in [2.45, 2.75) is 0 Å². The number of rotatable bonds is 4. The Balaban J connectivity index is 1.70. The van der Waals surface area contributed by atoms with Gasteiger partial charge in [0.1, 0.15) is 0 Å². The molecule has 0 saturated heterocycles. The zero-order valence-corrected chi connectivity index (χ0v) is 49.6. The Labute approximate surface area is 471 Å². The van der Waals surface area contributed by atoms with Gasteiger partial charge in [-0.05, 0) is 176 Å². The van der Waals surface area contributed by atoms with E-state index in [1.54, 1.807) is 72.8 Å². The summed E-state index contributed by atoms with van der Waals surface area (Å²) in [4.78, 5) is 18.3. The first-order valence-electron chi connectivity index (χ1n) is 17.9. The van der Waals surface area contributed by atoms with Crippen LogP contribution in [0.2, 0.25) is 40.2 Å². The van der Waals surface area contributed by atoms with Crippen LogP contribution in [0.3, 0.4) is 0 Å². The number of H-pyrrole nitrogens is 2. The van der Waals surface area contributed by atoms with E-state index in [0.29, 0.717) is 165 Å². The molecule has 2 aliphatic rings.